The predicted octanol–water partition coefficient (Wildman–Crippen LogP) is 2.01. The summed E-state index contributed by atoms with van der Waals surface area (Å²) in [4.78, 5) is 13.8. The molecule has 1 amide bonds. The van der Waals surface area contributed by atoms with Crippen molar-refractivity contribution < 1.29 is 9.53 Å². The largest absolute Gasteiger partial charge is 0.445 e. The lowest BCUT2D eigenvalue weighted by atomic mass is 10.1. The van der Waals surface area contributed by atoms with Gasteiger partial charge in [0.05, 0.1) is 0 Å². The summed E-state index contributed by atoms with van der Waals surface area (Å²) in [5.41, 5.74) is 1.02. The molecule has 0 saturated carbocycles. The molecule has 2 rings (SSSR count). The third-order valence-corrected chi connectivity index (χ3v) is 3.57. The van der Waals surface area contributed by atoms with Crippen LogP contribution in [0.25, 0.3) is 0 Å². The molecule has 0 spiro atoms. The summed E-state index contributed by atoms with van der Waals surface area (Å²) >= 11 is 0. The van der Waals surface area contributed by atoms with Crippen LogP contribution in [0.3, 0.4) is 0 Å². The van der Waals surface area contributed by atoms with E-state index >= 15 is 0 Å². The quantitative estimate of drug-likeness (QED) is 0.889. The molecule has 1 fully saturated rings. The van der Waals surface area contributed by atoms with Crippen LogP contribution in [0.5, 0.6) is 0 Å². The van der Waals surface area contributed by atoms with Crippen molar-refractivity contribution in [2.24, 2.45) is 0 Å². The van der Waals surface area contributed by atoms with Gasteiger partial charge in [0.2, 0.25) is 0 Å². The van der Waals surface area contributed by atoms with Gasteiger partial charge in [-0.3, -0.25) is 0 Å². The summed E-state index contributed by atoms with van der Waals surface area (Å²) in [6.07, 6.45) is 0.766. The highest BCUT2D eigenvalue weighted by Crippen LogP contribution is 2.18. The van der Waals surface area contributed by atoms with Crippen LogP contribution in [0.15, 0.2) is 30.3 Å². The monoisotopic (exact) mass is 248 g/mol. The van der Waals surface area contributed by atoms with Crippen molar-refractivity contribution in [2.75, 3.05) is 13.6 Å². The van der Waals surface area contributed by atoms with Crippen LogP contribution in [0.4, 0.5) is 4.79 Å². The lowest BCUT2D eigenvalue weighted by Crippen LogP contribution is -2.41. The zero-order chi connectivity index (χ0) is 13.0. The molecule has 2 atom stereocenters. The van der Waals surface area contributed by atoms with Gasteiger partial charge >= 0.3 is 6.09 Å². The zero-order valence-electron chi connectivity index (χ0n) is 10.9. The molecule has 0 aromatic heterocycles. The van der Waals surface area contributed by atoms with Crippen LogP contribution in [-0.2, 0) is 11.3 Å². The fourth-order valence-corrected chi connectivity index (χ4v) is 2.39. The number of nitrogens with zero attached hydrogens (tertiary/aromatic N) is 1. The normalized spacial score (nSPS) is 23.1. The fraction of sp³-hybridized carbons (Fsp3) is 0.500. The Hall–Kier alpha value is -1.55. The molecule has 1 aliphatic heterocycles. The summed E-state index contributed by atoms with van der Waals surface area (Å²) in [5.74, 6) is 0. The molecule has 4 nitrogen and oxygen atoms in total. The maximum absolute atomic E-state index is 12.0. The van der Waals surface area contributed by atoms with E-state index in [1.165, 1.54) is 0 Å². The molecule has 1 N–H and O–H groups in total. The van der Waals surface area contributed by atoms with E-state index in [4.69, 9.17) is 4.74 Å². The van der Waals surface area contributed by atoms with E-state index < -0.39 is 0 Å². The number of carbonyl (C=O) groups excluding carboxylic acids is 1. The maximum Gasteiger partial charge on any atom is 0.410 e. The second kappa shape index (κ2) is 5.87. The third-order valence-electron chi connectivity index (χ3n) is 3.57. The molecule has 0 radical (unpaired) electrons. The smallest absolute Gasteiger partial charge is 0.410 e. The van der Waals surface area contributed by atoms with Crippen molar-refractivity contribution in [3.8, 4) is 0 Å². The number of likely N-dealkylation sites (tertiary alicyclic amines) is 1. The van der Waals surface area contributed by atoms with Crippen LogP contribution in [0, 0.1) is 0 Å². The Labute approximate surface area is 108 Å². The molecule has 18 heavy (non-hydrogen) atoms. The van der Waals surface area contributed by atoms with Gasteiger partial charge in [-0.1, -0.05) is 30.3 Å². The Bertz CT molecular complexity index is 394. The van der Waals surface area contributed by atoms with E-state index in [2.05, 4.69) is 12.2 Å². The molecule has 1 aromatic carbocycles. The first-order valence-corrected chi connectivity index (χ1v) is 6.37. The summed E-state index contributed by atoms with van der Waals surface area (Å²) < 4.78 is 5.33. The number of hydrogen-bond acceptors (Lipinski definition) is 3. The Morgan fingerprint density at radius 1 is 1.44 bits per heavy atom. The molecule has 0 unspecified atom stereocenters. The number of hydrogen-bond donors (Lipinski definition) is 1. The molecular weight excluding hydrogens is 228 g/mol. The average molecular weight is 248 g/mol. The Kier molecular flexibility index (Phi) is 4.20. The highest BCUT2D eigenvalue weighted by Gasteiger charge is 2.33. The Morgan fingerprint density at radius 3 is 2.78 bits per heavy atom. The zero-order valence-corrected chi connectivity index (χ0v) is 10.9. The van der Waals surface area contributed by atoms with Crippen molar-refractivity contribution in [3.63, 3.8) is 0 Å². The lowest BCUT2D eigenvalue weighted by molar-refractivity contribution is 0.0927. The van der Waals surface area contributed by atoms with E-state index in [9.17, 15) is 4.79 Å². The number of benzene rings is 1. The molecule has 1 aromatic rings. The van der Waals surface area contributed by atoms with Gasteiger partial charge in [0.1, 0.15) is 6.61 Å². The van der Waals surface area contributed by atoms with Gasteiger partial charge in [-0.2, -0.15) is 0 Å². The van der Waals surface area contributed by atoms with Gasteiger partial charge in [-0.15, -0.1) is 0 Å². The number of likely N-dealkylation sites (N-methyl/N-ethyl adjacent to an activating group) is 1. The first kappa shape index (κ1) is 12.9. The highest BCUT2D eigenvalue weighted by molar-refractivity contribution is 5.68. The fourth-order valence-electron chi connectivity index (χ4n) is 2.39. The second-order valence-electron chi connectivity index (χ2n) is 4.66. The number of amides is 1. The maximum atomic E-state index is 12.0. The van der Waals surface area contributed by atoms with Gasteiger partial charge in [-0.25, -0.2) is 4.79 Å². The first-order chi connectivity index (χ1) is 8.72. The lowest BCUT2D eigenvalue weighted by Gasteiger charge is -2.23. The van der Waals surface area contributed by atoms with Crippen LogP contribution in [0.1, 0.15) is 18.9 Å². The van der Waals surface area contributed by atoms with Crippen molar-refractivity contribution in [1.29, 1.82) is 0 Å². The van der Waals surface area contributed by atoms with Crippen LogP contribution in [-0.4, -0.2) is 36.7 Å². The van der Waals surface area contributed by atoms with Gasteiger partial charge < -0.3 is 15.0 Å². The van der Waals surface area contributed by atoms with E-state index in [-0.39, 0.29) is 12.1 Å². The number of nitrogens with one attached hydrogen (secondary N) is 1. The molecule has 1 aliphatic rings. The molecule has 98 valence electrons. The highest BCUT2D eigenvalue weighted by atomic mass is 16.6. The van der Waals surface area contributed by atoms with Crippen molar-refractivity contribution >= 4 is 6.09 Å². The van der Waals surface area contributed by atoms with Crippen molar-refractivity contribution in [2.45, 2.75) is 32.0 Å². The molecular formula is C14H20N2O2. The van der Waals surface area contributed by atoms with E-state index in [1.54, 1.807) is 4.90 Å². The number of rotatable bonds is 3. The molecule has 4 heteroatoms. The van der Waals surface area contributed by atoms with E-state index in [1.807, 2.05) is 37.4 Å². The van der Waals surface area contributed by atoms with Gasteiger partial charge in [0, 0.05) is 18.6 Å². The SMILES string of the molecule is CN[C@@H]1CCN(C(=O)OCc2ccccc2)[C@H]1C. The molecule has 0 aliphatic carbocycles. The summed E-state index contributed by atoms with van der Waals surface area (Å²) in [5, 5.41) is 3.22. The average Bonchev–Trinajstić information content (AvgIpc) is 2.78. The summed E-state index contributed by atoms with van der Waals surface area (Å²) in [6, 6.07) is 10.3. The minimum Gasteiger partial charge on any atom is -0.445 e. The predicted molar refractivity (Wildman–Crippen MR) is 70.3 cm³/mol. The molecule has 1 heterocycles. The van der Waals surface area contributed by atoms with Gasteiger partial charge in [-0.05, 0) is 26.0 Å². The second-order valence-corrected chi connectivity index (χ2v) is 4.66. The van der Waals surface area contributed by atoms with Crippen LogP contribution < -0.4 is 5.32 Å². The topological polar surface area (TPSA) is 41.6 Å². The summed E-state index contributed by atoms with van der Waals surface area (Å²) in [6.45, 7) is 3.16. The van der Waals surface area contributed by atoms with E-state index in [0.29, 0.717) is 12.6 Å². The van der Waals surface area contributed by atoms with Crippen molar-refractivity contribution in [3.05, 3.63) is 35.9 Å². The van der Waals surface area contributed by atoms with Gasteiger partial charge in [0.15, 0.2) is 0 Å². The summed E-state index contributed by atoms with van der Waals surface area (Å²) in [7, 11) is 1.93. The molecule has 1 saturated heterocycles. The van der Waals surface area contributed by atoms with Crippen LogP contribution >= 0.6 is 0 Å². The standard InChI is InChI=1S/C14H20N2O2/c1-11-13(15-2)8-9-16(11)14(17)18-10-12-6-4-3-5-7-12/h3-7,11,13,15H,8-10H2,1-2H3/t11-,13+/m0/s1. The van der Waals surface area contributed by atoms with E-state index in [0.717, 1.165) is 18.5 Å². The van der Waals surface area contributed by atoms with Crippen LogP contribution in [0.2, 0.25) is 0 Å². The number of ether oxygens (including phenoxy) is 1. The Balaban J connectivity index is 1.86. The Morgan fingerprint density at radius 2 is 2.17 bits per heavy atom. The first-order valence-electron chi connectivity index (χ1n) is 6.37. The number of carbonyl (C=O) groups is 1. The molecule has 0 bridgehead atoms. The third kappa shape index (κ3) is 2.82. The minimum absolute atomic E-state index is 0.193. The minimum atomic E-state index is -0.218. The van der Waals surface area contributed by atoms with Crippen molar-refractivity contribution in [1.82, 2.24) is 10.2 Å². The van der Waals surface area contributed by atoms with Gasteiger partial charge in [0.25, 0.3) is 0 Å².